The lowest BCUT2D eigenvalue weighted by molar-refractivity contribution is -0.123. The lowest BCUT2D eigenvalue weighted by atomic mass is 10.1. The number of ketones is 1. The van der Waals surface area contributed by atoms with E-state index in [-0.39, 0.29) is 11.9 Å². The Morgan fingerprint density at radius 3 is 3.00 bits per heavy atom. The first kappa shape index (κ1) is 9.00. The molecule has 0 spiro atoms. The Morgan fingerprint density at radius 1 is 1.43 bits per heavy atom. The minimum absolute atomic E-state index is 0.0753. The molecule has 0 aliphatic carbocycles. The standard InChI is InChI=1S/C12H12O2/c1-9(13)11-8-4-6-10-5-2-3-7-12(10)14-11/h2-7,11H,8H2,1H3/t11-/m1/s1. The molecule has 14 heavy (non-hydrogen) atoms. The van der Waals surface area contributed by atoms with Crippen LogP contribution in [0.25, 0.3) is 6.08 Å². The number of para-hydroxylation sites is 1. The van der Waals surface area contributed by atoms with Crippen LogP contribution in [0.5, 0.6) is 5.75 Å². The fourth-order valence-corrected chi connectivity index (χ4v) is 1.49. The highest BCUT2D eigenvalue weighted by atomic mass is 16.5. The molecule has 2 rings (SSSR count). The van der Waals surface area contributed by atoms with Gasteiger partial charge in [0.1, 0.15) is 5.75 Å². The van der Waals surface area contributed by atoms with E-state index < -0.39 is 0 Å². The van der Waals surface area contributed by atoms with E-state index in [1.165, 1.54) is 0 Å². The molecule has 0 amide bonds. The van der Waals surface area contributed by atoms with Crippen molar-refractivity contribution in [2.24, 2.45) is 0 Å². The minimum atomic E-state index is -0.324. The Kier molecular flexibility index (Phi) is 2.35. The van der Waals surface area contributed by atoms with Gasteiger partial charge in [-0.25, -0.2) is 0 Å². The van der Waals surface area contributed by atoms with Crippen LogP contribution in [-0.4, -0.2) is 11.9 Å². The number of benzene rings is 1. The summed E-state index contributed by atoms with van der Waals surface area (Å²) < 4.78 is 5.61. The van der Waals surface area contributed by atoms with Gasteiger partial charge in [-0.2, -0.15) is 0 Å². The number of hydrogen-bond donors (Lipinski definition) is 0. The molecule has 2 heteroatoms. The topological polar surface area (TPSA) is 26.3 Å². The molecule has 1 aromatic rings. The molecule has 1 heterocycles. The molecular formula is C12H12O2. The highest BCUT2D eigenvalue weighted by molar-refractivity contribution is 5.81. The van der Waals surface area contributed by atoms with Gasteiger partial charge in [-0.1, -0.05) is 30.4 Å². The molecule has 0 unspecified atom stereocenters. The highest BCUT2D eigenvalue weighted by Crippen LogP contribution is 2.24. The molecule has 72 valence electrons. The zero-order valence-corrected chi connectivity index (χ0v) is 8.07. The Balaban J connectivity index is 2.34. The molecule has 0 aromatic heterocycles. The summed E-state index contributed by atoms with van der Waals surface area (Å²) in [6.45, 7) is 1.56. The quantitative estimate of drug-likeness (QED) is 0.676. The van der Waals surface area contributed by atoms with Gasteiger partial charge in [-0.05, 0) is 13.0 Å². The van der Waals surface area contributed by atoms with Crippen LogP contribution < -0.4 is 4.74 Å². The number of carbonyl (C=O) groups is 1. The number of Topliss-reactive ketones (excluding diaryl/α,β-unsaturated/α-hetero) is 1. The second-order valence-corrected chi connectivity index (χ2v) is 3.39. The third-order valence-corrected chi connectivity index (χ3v) is 2.29. The van der Waals surface area contributed by atoms with Crippen molar-refractivity contribution in [3.05, 3.63) is 35.9 Å². The summed E-state index contributed by atoms with van der Waals surface area (Å²) in [6.07, 6.45) is 4.31. The molecule has 0 fully saturated rings. The highest BCUT2D eigenvalue weighted by Gasteiger charge is 2.17. The SMILES string of the molecule is CC(=O)[C@H]1CC=Cc2ccccc2O1. The van der Waals surface area contributed by atoms with Crippen molar-refractivity contribution in [1.82, 2.24) is 0 Å². The fraction of sp³-hybridized carbons (Fsp3) is 0.250. The Labute approximate surface area is 83.2 Å². The first-order valence-corrected chi connectivity index (χ1v) is 4.70. The summed E-state index contributed by atoms with van der Waals surface area (Å²) >= 11 is 0. The molecular weight excluding hydrogens is 176 g/mol. The molecule has 1 aliphatic heterocycles. The van der Waals surface area contributed by atoms with Crippen LogP contribution in [-0.2, 0) is 4.79 Å². The Bertz CT molecular complexity index is 380. The number of fused-ring (bicyclic) bond motifs is 1. The Morgan fingerprint density at radius 2 is 2.21 bits per heavy atom. The number of rotatable bonds is 1. The molecule has 1 aromatic carbocycles. The monoisotopic (exact) mass is 188 g/mol. The van der Waals surface area contributed by atoms with Crippen LogP contribution in [0.2, 0.25) is 0 Å². The van der Waals surface area contributed by atoms with E-state index in [0.29, 0.717) is 6.42 Å². The zero-order valence-electron chi connectivity index (χ0n) is 8.07. The number of ether oxygens (including phenoxy) is 1. The van der Waals surface area contributed by atoms with Crippen molar-refractivity contribution in [3.63, 3.8) is 0 Å². The van der Waals surface area contributed by atoms with Crippen LogP contribution in [0.1, 0.15) is 18.9 Å². The predicted octanol–water partition coefficient (Wildman–Crippen LogP) is 2.44. The summed E-state index contributed by atoms with van der Waals surface area (Å²) in [4.78, 5) is 11.2. The summed E-state index contributed by atoms with van der Waals surface area (Å²) in [6, 6.07) is 7.74. The predicted molar refractivity (Wildman–Crippen MR) is 55.2 cm³/mol. The molecule has 1 atom stereocenters. The largest absolute Gasteiger partial charge is 0.482 e. The van der Waals surface area contributed by atoms with Gasteiger partial charge >= 0.3 is 0 Å². The average molecular weight is 188 g/mol. The van der Waals surface area contributed by atoms with E-state index in [2.05, 4.69) is 0 Å². The van der Waals surface area contributed by atoms with Crippen LogP contribution >= 0.6 is 0 Å². The van der Waals surface area contributed by atoms with E-state index in [9.17, 15) is 4.79 Å². The fourth-order valence-electron chi connectivity index (χ4n) is 1.49. The second kappa shape index (κ2) is 3.66. The molecule has 0 radical (unpaired) electrons. The van der Waals surface area contributed by atoms with Gasteiger partial charge in [0.25, 0.3) is 0 Å². The van der Waals surface area contributed by atoms with Gasteiger partial charge in [0.05, 0.1) is 0 Å². The third kappa shape index (κ3) is 1.69. The molecule has 0 N–H and O–H groups in total. The van der Waals surface area contributed by atoms with Crippen molar-refractivity contribution in [2.75, 3.05) is 0 Å². The van der Waals surface area contributed by atoms with Crippen molar-refractivity contribution in [2.45, 2.75) is 19.4 Å². The third-order valence-electron chi connectivity index (χ3n) is 2.29. The smallest absolute Gasteiger partial charge is 0.170 e. The maximum absolute atomic E-state index is 11.2. The number of hydrogen-bond acceptors (Lipinski definition) is 2. The maximum Gasteiger partial charge on any atom is 0.170 e. The summed E-state index contributed by atoms with van der Waals surface area (Å²) in [7, 11) is 0. The van der Waals surface area contributed by atoms with E-state index in [1.807, 2.05) is 36.4 Å². The van der Waals surface area contributed by atoms with Gasteiger partial charge in [-0.3, -0.25) is 4.79 Å². The zero-order chi connectivity index (χ0) is 9.97. The van der Waals surface area contributed by atoms with Gasteiger partial charge in [-0.15, -0.1) is 0 Å². The average Bonchev–Trinajstić information content (AvgIpc) is 2.39. The van der Waals surface area contributed by atoms with Gasteiger partial charge in [0, 0.05) is 12.0 Å². The van der Waals surface area contributed by atoms with Crippen molar-refractivity contribution in [1.29, 1.82) is 0 Å². The Hall–Kier alpha value is -1.57. The van der Waals surface area contributed by atoms with Crippen LogP contribution in [0.3, 0.4) is 0 Å². The van der Waals surface area contributed by atoms with E-state index in [4.69, 9.17) is 4.74 Å². The van der Waals surface area contributed by atoms with E-state index >= 15 is 0 Å². The summed E-state index contributed by atoms with van der Waals surface area (Å²) in [5, 5.41) is 0. The van der Waals surface area contributed by atoms with Gasteiger partial charge in [0.15, 0.2) is 11.9 Å². The first-order valence-electron chi connectivity index (χ1n) is 4.70. The van der Waals surface area contributed by atoms with Crippen molar-refractivity contribution < 1.29 is 9.53 Å². The first-order chi connectivity index (χ1) is 6.77. The molecule has 0 saturated carbocycles. The van der Waals surface area contributed by atoms with Crippen LogP contribution in [0.4, 0.5) is 0 Å². The molecule has 0 bridgehead atoms. The lowest BCUT2D eigenvalue weighted by Crippen LogP contribution is -2.23. The molecule has 1 aliphatic rings. The second-order valence-electron chi connectivity index (χ2n) is 3.39. The van der Waals surface area contributed by atoms with E-state index in [1.54, 1.807) is 6.92 Å². The van der Waals surface area contributed by atoms with Crippen molar-refractivity contribution in [3.8, 4) is 5.75 Å². The minimum Gasteiger partial charge on any atom is -0.482 e. The molecule has 0 saturated heterocycles. The molecule has 2 nitrogen and oxygen atoms in total. The van der Waals surface area contributed by atoms with Gasteiger partial charge < -0.3 is 4.74 Å². The maximum atomic E-state index is 11.2. The van der Waals surface area contributed by atoms with E-state index in [0.717, 1.165) is 11.3 Å². The van der Waals surface area contributed by atoms with Crippen molar-refractivity contribution >= 4 is 11.9 Å². The lowest BCUT2D eigenvalue weighted by Gasteiger charge is -2.13. The van der Waals surface area contributed by atoms with Gasteiger partial charge in [0.2, 0.25) is 0 Å². The number of carbonyl (C=O) groups excluding carboxylic acids is 1. The normalized spacial score (nSPS) is 19.4. The van der Waals surface area contributed by atoms with Crippen LogP contribution in [0.15, 0.2) is 30.3 Å². The summed E-state index contributed by atoms with van der Waals surface area (Å²) in [5.74, 6) is 0.868. The summed E-state index contributed by atoms with van der Waals surface area (Å²) in [5.41, 5.74) is 1.04. The van der Waals surface area contributed by atoms with Crippen LogP contribution in [0, 0.1) is 0 Å².